The number of methoxy groups -OCH3 is 1. The number of hydrogen-bond acceptors (Lipinski definition) is 4. The standard InChI is InChI=1S/C18H19F3N2O.C8H12O3/c1-17(9-10-17)15-14(11-7-8-11)16(24)23(22(15)2)13-6-4-3-5-12(13)18(19,20)21;1-8(3-4-8)6(9)5-7(10)11-2/h3-6,11H,7-10H2,1-2H3;3-5H2,1-2H3. The van der Waals surface area contributed by atoms with E-state index >= 15 is 0 Å². The molecule has 3 aliphatic rings. The number of rotatable bonds is 6. The zero-order valence-corrected chi connectivity index (χ0v) is 20.5. The number of carbonyl (C=O) groups is 2. The first-order chi connectivity index (χ1) is 16.3. The van der Waals surface area contributed by atoms with Crippen molar-refractivity contribution in [2.45, 2.75) is 76.3 Å². The first-order valence-electron chi connectivity index (χ1n) is 11.9. The molecule has 35 heavy (non-hydrogen) atoms. The maximum atomic E-state index is 13.4. The van der Waals surface area contributed by atoms with Crippen molar-refractivity contribution in [1.82, 2.24) is 9.36 Å². The van der Waals surface area contributed by atoms with Gasteiger partial charge in [0.05, 0.1) is 18.4 Å². The van der Waals surface area contributed by atoms with E-state index in [1.807, 2.05) is 6.92 Å². The summed E-state index contributed by atoms with van der Waals surface area (Å²) in [5.74, 6) is -0.206. The van der Waals surface area contributed by atoms with E-state index in [2.05, 4.69) is 11.7 Å². The average molecular weight is 493 g/mol. The molecule has 0 radical (unpaired) electrons. The molecule has 2 aromatic rings. The van der Waals surface area contributed by atoms with Gasteiger partial charge >= 0.3 is 12.1 Å². The SMILES string of the molecule is COC(=O)CC(=O)C1(C)CC1.Cn1c(C2(C)CC2)c(C2CC2)c(=O)n1-c1ccccc1C(F)(F)F. The summed E-state index contributed by atoms with van der Waals surface area (Å²) in [6.45, 7) is 3.98. The molecule has 0 amide bonds. The fourth-order valence-corrected chi connectivity index (χ4v) is 4.56. The number of ketones is 1. The van der Waals surface area contributed by atoms with Crippen molar-refractivity contribution >= 4 is 11.8 Å². The third-order valence-electron chi connectivity index (χ3n) is 7.50. The number of nitrogens with zero attached hydrogens (tertiary/aromatic N) is 2. The van der Waals surface area contributed by atoms with E-state index in [1.165, 1.54) is 23.9 Å². The van der Waals surface area contributed by atoms with Crippen molar-refractivity contribution in [2.75, 3.05) is 7.11 Å². The molecule has 3 aliphatic carbocycles. The van der Waals surface area contributed by atoms with Crippen LogP contribution in [0.25, 0.3) is 5.69 Å². The summed E-state index contributed by atoms with van der Waals surface area (Å²) < 4.78 is 47.5. The largest absolute Gasteiger partial charge is 0.469 e. The minimum absolute atomic E-state index is 0.0179. The molecule has 0 bridgehead atoms. The van der Waals surface area contributed by atoms with Crippen molar-refractivity contribution in [1.29, 1.82) is 0 Å². The minimum atomic E-state index is -4.50. The Morgan fingerprint density at radius 1 is 1.09 bits per heavy atom. The number of Topliss-reactive ketones (excluding diaryl/α,β-unsaturated/α-hetero) is 1. The van der Waals surface area contributed by atoms with Gasteiger partial charge in [-0.05, 0) is 56.6 Å². The predicted molar refractivity (Wildman–Crippen MR) is 124 cm³/mol. The second kappa shape index (κ2) is 8.68. The van der Waals surface area contributed by atoms with Gasteiger partial charge in [0, 0.05) is 29.1 Å². The summed E-state index contributed by atoms with van der Waals surface area (Å²) in [6.07, 6.45) is 1.13. The van der Waals surface area contributed by atoms with Crippen LogP contribution in [0, 0.1) is 5.41 Å². The molecule has 0 aliphatic heterocycles. The molecular weight excluding hydrogens is 461 g/mol. The Morgan fingerprint density at radius 3 is 2.17 bits per heavy atom. The average Bonchev–Trinajstić information content (AvgIpc) is 3.68. The summed E-state index contributed by atoms with van der Waals surface area (Å²) in [6, 6.07) is 5.30. The zero-order chi connectivity index (χ0) is 25.8. The molecule has 9 heteroatoms. The zero-order valence-electron chi connectivity index (χ0n) is 20.5. The van der Waals surface area contributed by atoms with Crippen molar-refractivity contribution in [2.24, 2.45) is 12.5 Å². The summed E-state index contributed by atoms with van der Waals surface area (Å²) in [4.78, 5) is 34.9. The Morgan fingerprint density at radius 2 is 1.69 bits per heavy atom. The molecule has 0 N–H and O–H groups in total. The second-order valence-electron chi connectivity index (χ2n) is 10.5. The van der Waals surface area contributed by atoms with Gasteiger partial charge in [0.2, 0.25) is 0 Å². The number of aromatic nitrogens is 2. The maximum absolute atomic E-state index is 13.4. The van der Waals surface area contributed by atoms with Crippen LogP contribution in [-0.4, -0.2) is 28.2 Å². The quantitative estimate of drug-likeness (QED) is 0.418. The van der Waals surface area contributed by atoms with E-state index in [0.717, 1.165) is 55.8 Å². The lowest BCUT2D eigenvalue weighted by molar-refractivity contribution is -0.144. The molecule has 5 rings (SSSR count). The van der Waals surface area contributed by atoms with Gasteiger partial charge in [0.1, 0.15) is 12.2 Å². The molecule has 0 unspecified atom stereocenters. The fraction of sp³-hybridized carbons (Fsp3) is 0.577. The molecule has 3 saturated carbocycles. The van der Waals surface area contributed by atoms with Crippen LogP contribution in [0.5, 0.6) is 0 Å². The third-order valence-corrected chi connectivity index (χ3v) is 7.50. The maximum Gasteiger partial charge on any atom is 0.418 e. The van der Waals surface area contributed by atoms with Crippen molar-refractivity contribution in [3.05, 3.63) is 51.4 Å². The van der Waals surface area contributed by atoms with Crippen LogP contribution >= 0.6 is 0 Å². The molecule has 1 aromatic heterocycles. The van der Waals surface area contributed by atoms with Crippen LogP contribution < -0.4 is 5.56 Å². The molecular formula is C26H31F3N2O4. The van der Waals surface area contributed by atoms with E-state index in [0.29, 0.717) is 0 Å². The van der Waals surface area contributed by atoms with E-state index in [9.17, 15) is 27.6 Å². The number of alkyl halides is 3. The summed E-state index contributed by atoms with van der Waals surface area (Å²) in [7, 11) is 3.00. The van der Waals surface area contributed by atoms with Gasteiger partial charge in [-0.3, -0.25) is 19.1 Å². The van der Waals surface area contributed by atoms with Gasteiger partial charge in [0.15, 0.2) is 0 Å². The Hall–Kier alpha value is -2.84. The van der Waals surface area contributed by atoms with Crippen molar-refractivity contribution in [3.8, 4) is 5.69 Å². The van der Waals surface area contributed by atoms with Gasteiger partial charge < -0.3 is 4.74 Å². The number of carbonyl (C=O) groups excluding carboxylic acids is 2. The number of ether oxygens (including phenoxy) is 1. The highest BCUT2D eigenvalue weighted by Crippen LogP contribution is 2.52. The smallest absolute Gasteiger partial charge is 0.418 e. The van der Waals surface area contributed by atoms with Crippen LogP contribution in [0.4, 0.5) is 13.2 Å². The van der Waals surface area contributed by atoms with Crippen LogP contribution in [0.2, 0.25) is 0 Å². The number of esters is 1. The van der Waals surface area contributed by atoms with Gasteiger partial charge in [-0.15, -0.1) is 0 Å². The van der Waals surface area contributed by atoms with Gasteiger partial charge in [-0.25, -0.2) is 4.68 Å². The Labute approximate surface area is 202 Å². The van der Waals surface area contributed by atoms with E-state index in [4.69, 9.17) is 0 Å². The monoisotopic (exact) mass is 492 g/mol. The van der Waals surface area contributed by atoms with Crippen molar-refractivity contribution < 1.29 is 27.5 Å². The first-order valence-corrected chi connectivity index (χ1v) is 11.9. The Balaban J connectivity index is 0.000000221. The molecule has 190 valence electrons. The van der Waals surface area contributed by atoms with Gasteiger partial charge in [0.25, 0.3) is 5.56 Å². The fourth-order valence-electron chi connectivity index (χ4n) is 4.56. The van der Waals surface area contributed by atoms with Crippen LogP contribution in [0.15, 0.2) is 29.1 Å². The van der Waals surface area contributed by atoms with E-state index < -0.39 is 17.7 Å². The third kappa shape index (κ3) is 4.95. The Kier molecular flexibility index (Phi) is 6.26. The number of halogens is 3. The van der Waals surface area contributed by atoms with E-state index in [1.54, 1.807) is 17.8 Å². The highest BCUT2D eigenvalue weighted by Gasteiger charge is 2.48. The van der Waals surface area contributed by atoms with Gasteiger partial charge in [-0.1, -0.05) is 26.0 Å². The van der Waals surface area contributed by atoms with Gasteiger partial charge in [-0.2, -0.15) is 13.2 Å². The van der Waals surface area contributed by atoms with Crippen LogP contribution in [0.1, 0.15) is 81.5 Å². The molecule has 0 atom stereocenters. The highest BCUT2D eigenvalue weighted by molar-refractivity contribution is 5.99. The van der Waals surface area contributed by atoms with Crippen LogP contribution in [-0.2, 0) is 33.0 Å². The number of hydrogen-bond donors (Lipinski definition) is 0. The van der Waals surface area contributed by atoms with Crippen LogP contribution in [0.3, 0.4) is 0 Å². The first kappa shape index (κ1) is 25.3. The second-order valence-corrected chi connectivity index (χ2v) is 10.5. The van der Waals surface area contributed by atoms with Crippen molar-refractivity contribution in [3.63, 3.8) is 0 Å². The topological polar surface area (TPSA) is 70.3 Å². The number of benzene rings is 1. The summed E-state index contributed by atoms with van der Waals surface area (Å²) >= 11 is 0. The lowest BCUT2D eigenvalue weighted by atomic mass is 9.98. The summed E-state index contributed by atoms with van der Waals surface area (Å²) in [5.41, 5.74) is 0.220. The molecule has 1 heterocycles. The molecule has 1 aromatic carbocycles. The molecule has 3 fully saturated rings. The molecule has 0 spiro atoms. The molecule has 0 saturated heterocycles. The predicted octanol–water partition coefficient (Wildman–Crippen LogP) is 5.04. The number of para-hydroxylation sites is 1. The summed E-state index contributed by atoms with van der Waals surface area (Å²) in [5, 5.41) is 0. The lowest BCUT2D eigenvalue weighted by Gasteiger charge is -2.17. The normalized spacial score (nSPS) is 19.4. The van der Waals surface area contributed by atoms with E-state index in [-0.39, 0.29) is 40.2 Å². The minimum Gasteiger partial charge on any atom is -0.469 e. The lowest BCUT2D eigenvalue weighted by Crippen LogP contribution is -2.24. The highest BCUT2D eigenvalue weighted by atomic mass is 19.4. The Bertz CT molecular complexity index is 1210. The molecule has 6 nitrogen and oxygen atoms in total.